The average Bonchev–Trinajstić information content (AvgIpc) is 3.43. The minimum Gasteiger partial charge on any atom is -0.367 e. The minimum atomic E-state index is -2.82. The van der Waals surface area contributed by atoms with Crippen molar-refractivity contribution in [3.05, 3.63) is 70.1 Å². The number of rotatable bonds is 7. The summed E-state index contributed by atoms with van der Waals surface area (Å²) in [6.07, 6.45) is -6.45. The van der Waals surface area contributed by atoms with E-state index in [1.165, 1.54) is 16.9 Å². The first-order valence-corrected chi connectivity index (χ1v) is 12.8. The van der Waals surface area contributed by atoms with Crippen LogP contribution in [0.2, 0.25) is 0 Å². The van der Waals surface area contributed by atoms with Crippen molar-refractivity contribution in [2.24, 2.45) is 5.84 Å². The molecule has 3 N–H and O–H groups in total. The zero-order valence-corrected chi connectivity index (χ0v) is 22.1. The summed E-state index contributed by atoms with van der Waals surface area (Å²) in [6, 6.07) is 11.2. The van der Waals surface area contributed by atoms with Crippen LogP contribution in [0.15, 0.2) is 53.1 Å². The van der Waals surface area contributed by atoms with Crippen molar-refractivity contribution in [3.63, 3.8) is 0 Å². The lowest BCUT2D eigenvalue weighted by atomic mass is 9.91. The largest absolute Gasteiger partial charge is 0.367 e. The number of carbonyl (C=O) groups excluding carboxylic acids is 1. The number of benzene rings is 2. The standard InChI is InChI=1S/C25H25BrF3N5O5/c1-12-7-14(8-15(27)19(12)26)16-9-34(33-32-16)20-21-17(10-37-25(39-21)13-5-3-2-4-6-13)38-23(24(35)31-30)22(20)36-11-18(28)29/h2-9,17-18,20-23,25H,10-11,30H2,1H3,(H,31,35)/t17-,20+,21+,22-,23-,25?/m1/s1. The Balaban J connectivity index is 1.55. The van der Waals surface area contributed by atoms with Gasteiger partial charge < -0.3 is 18.9 Å². The molecule has 3 aromatic rings. The number of halogens is 4. The molecule has 0 bridgehead atoms. The van der Waals surface area contributed by atoms with Crippen molar-refractivity contribution in [2.75, 3.05) is 13.2 Å². The van der Waals surface area contributed by atoms with Gasteiger partial charge in [-0.2, -0.15) is 0 Å². The molecular weight excluding hydrogens is 587 g/mol. The number of nitrogens with one attached hydrogen (secondary N) is 1. The van der Waals surface area contributed by atoms with E-state index >= 15 is 0 Å². The van der Waals surface area contributed by atoms with Crippen LogP contribution in [-0.2, 0) is 23.7 Å². The Labute approximate surface area is 229 Å². The third kappa shape index (κ3) is 5.71. The van der Waals surface area contributed by atoms with E-state index < -0.39 is 61.5 Å². The third-order valence-corrected chi connectivity index (χ3v) is 7.56. The Hall–Kier alpha value is -2.88. The molecule has 0 radical (unpaired) electrons. The van der Waals surface area contributed by atoms with Crippen LogP contribution in [0.5, 0.6) is 0 Å². The lowest BCUT2D eigenvalue weighted by Gasteiger charge is -2.48. The number of fused-ring (bicyclic) bond motifs is 1. The summed E-state index contributed by atoms with van der Waals surface area (Å²) in [6.45, 7) is 0.775. The molecule has 2 saturated heterocycles. The van der Waals surface area contributed by atoms with E-state index in [0.717, 1.165) is 5.56 Å². The van der Waals surface area contributed by atoms with Gasteiger partial charge in [-0.25, -0.2) is 23.7 Å². The van der Waals surface area contributed by atoms with Crippen molar-refractivity contribution in [1.29, 1.82) is 0 Å². The van der Waals surface area contributed by atoms with Crippen LogP contribution in [0.4, 0.5) is 13.2 Å². The zero-order valence-electron chi connectivity index (χ0n) is 20.5. The van der Waals surface area contributed by atoms with Gasteiger partial charge >= 0.3 is 0 Å². The van der Waals surface area contributed by atoms with Crippen LogP contribution in [0, 0.1) is 12.7 Å². The maximum absolute atomic E-state index is 14.4. The van der Waals surface area contributed by atoms with Gasteiger partial charge in [-0.15, -0.1) is 5.10 Å². The second kappa shape index (κ2) is 11.7. The predicted octanol–water partition coefficient (Wildman–Crippen LogP) is 3.22. The number of aryl methyl sites for hydroxylation is 1. The van der Waals surface area contributed by atoms with E-state index in [4.69, 9.17) is 24.8 Å². The number of alkyl halides is 2. The fraction of sp³-hybridized carbons (Fsp3) is 0.400. The molecule has 0 aliphatic carbocycles. The monoisotopic (exact) mass is 611 g/mol. The number of hydrogen-bond acceptors (Lipinski definition) is 8. The van der Waals surface area contributed by atoms with Crippen LogP contribution >= 0.6 is 15.9 Å². The smallest absolute Gasteiger partial charge is 0.265 e. The summed E-state index contributed by atoms with van der Waals surface area (Å²) in [5.41, 5.74) is 4.12. The zero-order chi connectivity index (χ0) is 27.7. The SMILES string of the molecule is Cc1cc(-c2cn([C@H]3[C@H]4OC(c5ccccc5)OC[C@H]4O[C@@H](C(=O)NN)[C@@H]3OCC(F)F)nn2)cc(F)c1Br. The fourth-order valence-electron chi connectivity index (χ4n) is 4.77. The Morgan fingerprint density at radius 3 is 2.74 bits per heavy atom. The number of hydrogen-bond donors (Lipinski definition) is 2. The normalized spacial score (nSPS) is 26.8. The molecular formula is C25H25BrF3N5O5. The highest BCUT2D eigenvalue weighted by Gasteiger charge is 2.54. The number of nitrogens with two attached hydrogens (primary N) is 1. The predicted molar refractivity (Wildman–Crippen MR) is 134 cm³/mol. The minimum absolute atomic E-state index is 0.0231. The number of nitrogens with zero attached hydrogens (tertiary/aromatic N) is 3. The van der Waals surface area contributed by atoms with Gasteiger partial charge in [0.05, 0.1) is 17.3 Å². The van der Waals surface area contributed by atoms with Gasteiger partial charge in [0.2, 0.25) is 0 Å². The first kappa shape index (κ1) is 27.7. The van der Waals surface area contributed by atoms with E-state index in [1.807, 2.05) is 35.8 Å². The summed E-state index contributed by atoms with van der Waals surface area (Å²) in [4.78, 5) is 12.7. The van der Waals surface area contributed by atoms with Crippen molar-refractivity contribution >= 4 is 21.8 Å². The van der Waals surface area contributed by atoms with Gasteiger partial charge in [-0.3, -0.25) is 10.2 Å². The number of aromatic nitrogens is 3. The van der Waals surface area contributed by atoms with Crippen LogP contribution in [0.1, 0.15) is 23.5 Å². The van der Waals surface area contributed by atoms with E-state index in [-0.39, 0.29) is 6.61 Å². The molecule has 0 spiro atoms. The highest BCUT2D eigenvalue weighted by atomic mass is 79.9. The number of hydrazine groups is 1. The molecule has 1 unspecified atom stereocenters. The first-order chi connectivity index (χ1) is 18.8. The first-order valence-electron chi connectivity index (χ1n) is 12.0. The molecule has 1 aromatic heterocycles. The molecule has 5 rings (SSSR count). The van der Waals surface area contributed by atoms with E-state index in [0.29, 0.717) is 21.3 Å². The molecule has 2 aliphatic rings. The van der Waals surface area contributed by atoms with Crippen LogP contribution in [0.25, 0.3) is 11.3 Å². The van der Waals surface area contributed by atoms with E-state index in [2.05, 4.69) is 26.2 Å². The summed E-state index contributed by atoms with van der Waals surface area (Å²) in [5.74, 6) is 4.10. The van der Waals surface area contributed by atoms with Gasteiger partial charge in [0.1, 0.15) is 42.5 Å². The quantitative estimate of drug-likeness (QED) is 0.237. The Bertz CT molecular complexity index is 1290. The molecule has 14 heteroatoms. The number of ether oxygens (including phenoxy) is 4. The summed E-state index contributed by atoms with van der Waals surface area (Å²) in [7, 11) is 0. The molecule has 2 aliphatic heterocycles. The van der Waals surface area contributed by atoms with Crippen LogP contribution in [-0.4, -0.2) is 65.0 Å². The van der Waals surface area contributed by atoms with E-state index in [1.54, 1.807) is 13.0 Å². The highest BCUT2D eigenvalue weighted by Crippen LogP contribution is 2.41. The van der Waals surface area contributed by atoms with Crippen LogP contribution in [0.3, 0.4) is 0 Å². The van der Waals surface area contributed by atoms with Gasteiger partial charge in [-0.05, 0) is 40.5 Å². The maximum atomic E-state index is 14.4. The maximum Gasteiger partial charge on any atom is 0.265 e. The van der Waals surface area contributed by atoms with Gasteiger partial charge in [0.25, 0.3) is 12.3 Å². The van der Waals surface area contributed by atoms with Gasteiger partial charge in [0.15, 0.2) is 12.4 Å². The summed E-state index contributed by atoms with van der Waals surface area (Å²) in [5, 5.41) is 8.39. The van der Waals surface area contributed by atoms with Crippen molar-refractivity contribution in [1.82, 2.24) is 20.4 Å². The molecule has 1 amide bonds. The summed E-state index contributed by atoms with van der Waals surface area (Å²) >= 11 is 3.20. The topological polar surface area (TPSA) is 123 Å². The second-order valence-electron chi connectivity index (χ2n) is 9.13. The Morgan fingerprint density at radius 1 is 1.28 bits per heavy atom. The van der Waals surface area contributed by atoms with Gasteiger partial charge in [-0.1, -0.05) is 35.5 Å². The molecule has 6 atom stereocenters. The lowest BCUT2D eigenvalue weighted by molar-refractivity contribution is -0.317. The average molecular weight is 612 g/mol. The molecule has 39 heavy (non-hydrogen) atoms. The molecule has 2 fully saturated rings. The van der Waals surface area contributed by atoms with Crippen molar-refractivity contribution in [3.8, 4) is 11.3 Å². The molecule has 10 nitrogen and oxygen atoms in total. The second-order valence-corrected chi connectivity index (χ2v) is 9.93. The van der Waals surface area contributed by atoms with Crippen molar-refractivity contribution in [2.45, 2.75) is 50.1 Å². The number of amides is 1. The Kier molecular flexibility index (Phi) is 8.30. The highest BCUT2D eigenvalue weighted by molar-refractivity contribution is 9.10. The molecule has 3 heterocycles. The van der Waals surface area contributed by atoms with Crippen LogP contribution < -0.4 is 11.3 Å². The number of carbonyl (C=O) groups is 1. The molecule has 2 aromatic carbocycles. The molecule has 208 valence electrons. The fourth-order valence-corrected chi connectivity index (χ4v) is 5.00. The Morgan fingerprint density at radius 2 is 2.05 bits per heavy atom. The van der Waals surface area contributed by atoms with E-state index in [9.17, 15) is 18.0 Å². The summed E-state index contributed by atoms with van der Waals surface area (Å²) < 4.78 is 66.3. The third-order valence-electron chi connectivity index (χ3n) is 6.56. The lowest BCUT2D eigenvalue weighted by Crippen LogP contribution is -2.63. The van der Waals surface area contributed by atoms with Gasteiger partial charge in [0, 0.05) is 11.1 Å². The molecule has 0 saturated carbocycles. The van der Waals surface area contributed by atoms with Crippen molar-refractivity contribution < 1.29 is 36.9 Å².